The Hall–Kier alpha value is -1.71. The lowest BCUT2D eigenvalue weighted by Gasteiger charge is -2.34. The van der Waals surface area contributed by atoms with Crippen molar-refractivity contribution in [3.05, 3.63) is 46.4 Å². The predicted molar refractivity (Wildman–Crippen MR) is 88.9 cm³/mol. The fourth-order valence-corrected chi connectivity index (χ4v) is 3.74. The van der Waals surface area contributed by atoms with Gasteiger partial charge in [-0.2, -0.15) is 0 Å². The molecule has 1 aromatic heterocycles. The summed E-state index contributed by atoms with van der Waals surface area (Å²) in [6.45, 7) is 0. The van der Waals surface area contributed by atoms with Crippen LogP contribution < -0.4 is 0 Å². The summed E-state index contributed by atoms with van der Waals surface area (Å²) in [7, 11) is 0. The summed E-state index contributed by atoms with van der Waals surface area (Å²) in [4.78, 5) is 11.1. The zero-order valence-electron chi connectivity index (χ0n) is 11.6. The molecular weight excluding hydrogens is 321 g/mol. The van der Waals surface area contributed by atoms with E-state index in [4.69, 9.17) is 28.3 Å². The normalized spacial score (nSPS) is 21.2. The minimum Gasteiger partial charge on any atom is -0.481 e. The molecule has 5 heteroatoms. The fraction of sp³-hybridized carbons (Fsp3) is 0.235. The summed E-state index contributed by atoms with van der Waals surface area (Å²) in [6, 6.07) is 11.8. The lowest BCUT2D eigenvalue weighted by Crippen LogP contribution is -2.32. The third kappa shape index (κ3) is 2.00. The maximum Gasteiger partial charge on any atom is 0.306 e. The number of aliphatic carboxylic acids is 1. The van der Waals surface area contributed by atoms with E-state index in [2.05, 4.69) is 4.57 Å². The van der Waals surface area contributed by atoms with Gasteiger partial charge in [-0.25, -0.2) is 0 Å². The Morgan fingerprint density at radius 2 is 1.50 bits per heavy atom. The van der Waals surface area contributed by atoms with E-state index in [1.54, 1.807) is 0 Å². The van der Waals surface area contributed by atoms with Crippen LogP contribution in [-0.4, -0.2) is 15.6 Å². The van der Waals surface area contributed by atoms with Crippen molar-refractivity contribution in [3.8, 4) is 0 Å². The molecule has 0 bridgehead atoms. The second-order valence-corrected chi connectivity index (χ2v) is 6.73. The molecule has 112 valence electrons. The highest BCUT2D eigenvalue weighted by Crippen LogP contribution is 2.44. The molecule has 22 heavy (non-hydrogen) atoms. The molecule has 1 fully saturated rings. The van der Waals surface area contributed by atoms with Crippen LogP contribution >= 0.6 is 23.2 Å². The highest BCUT2D eigenvalue weighted by molar-refractivity contribution is 6.33. The van der Waals surface area contributed by atoms with Gasteiger partial charge < -0.3 is 9.67 Å². The van der Waals surface area contributed by atoms with Gasteiger partial charge in [0, 0.05) is 37.9 Å². The summed E-state index contributed by atoms with van der Waals surface area (Å²) in [6.07, 6.45) is 1.33. The van der Waals surface area contributed by atoms with Crippen molar-refractivity contribution in [3.63, 3.8) is 0 Å². The molecule has 0 saturated heterocycles. The number of carbonyl (C=O) groups is 1. The highest BCUT2D eigenvalue weighted by Gasteiger charge is 2.36. The quantitative estimate of drug-likeness (QED) is 0.705. The van der Waals surface area contributed by atoms with Gasteiger partial charge >= 0.3 is 5.97 Å². The number of hydrogen-bond donors (Lipinski definition) is 1. The van der Waals surface area contributed by atoms with E-state index >= 15 is 0 Å². The van der Waals surface area contributed by atoms with Gasteiger partial charge in [0.2, 0.25) is 0 Å². The third-order valence-corrected chi connectivity index (χ3v) is 5.02. The number of benzene rings is 2. The second kappa shape index (κ2) is 4.90. The Labute approximate surface area is 137 Å². The molecule has 4 rings (SSSR count). The largest absolute Gasteiger partial charge is 0.481 e. The molecule has 2 aromatic carbocycles. The van der Waals surface area contributed by atoms with Crippen LogP contribution in [-0.2, 0) is 4.79 Å². The van der Waals surface area contributed by atoms with Crippen molar-refractivity contribution in [2.75, 3.05) is 0 Å². The summed E-state index contributed by atoms with van der Waals surface area (Å²) >= 11 is 12.3. The number of nitrogens with zero attached hydrogens (tertiary/aromatic N) is 1. The Morgan fingerprint density at radius 1 is 1.00 bits per heavy atom. The first-order chi connectivity index (χ1) is 10.5. The van der Waals surface area contributed by atoms with Crippen LogP contribution in [0.3, 0.4) is 0 Å². The lowest BCUT2D eigenvalue weighted by atomic mass is 9.80. The Morgan fingerprint density at radius 3 is 1.95 bits per heavy atom. The Balaban J connectivity index is 1.94. The maximum atomic E-state index is 11.1. The van der Waals surface area contributed by atoms with Crippen molar-refractivity contribution < 1.29 is 9.90 Å². The zero-order chi connectivity index (χ0) is 15.4. The number of carboxylic acid groups (broad SMARTS) is 1. The van der Waals surface area contributed by atoms with Crippen LogP contribution in [0, 0.1) is 5.92 Å². The van der Waals surface area contributed by atoms with E-state index in [0.29, 0.717) is 22.9 Å². The molecule has 0 atom stereocenters. The summed E-state index contributed by atoms with van der Waals surface area (Å²) < 4.78 is 2.23. The van der Waals surface area contributed by atoms with E-state index in [9.17, 15) is 4.79 Å². The van der Waals surface area contributed by atoms with Crippen molar-refractivity contribution >= 4 is 51.0 Å². The first-order valence-corrected chi connectivity index (χ1v) is 7.91. The van der Waals surface area contributed by atoms with Gasteiger partial charge in [0.05, 0.1) is 5.92 Å². The number of aromatic nitrogens is 1. The molecule has 0 amide bonds. The predicted octanol–water partition coefficient (Wildman–Crippen LogP) is 5.14. The first-order valence-electron chi connectivity index (χ1n) is 7.16. The molecule has 0 spiro atoms. The number of hydrogen-bond acceptors (Lipinski definition) is 1. The van der Waals surface area contributed by atoms with Crippen LogP contribution in [0.25, 0.3) is 21.8 Å². The first kappa shape index (κ1) is 13.9. The molecule has 0 unspecified atom stereocenters. The van der Waals surface area contributed by atoms with Gasteiger partial charge in [-0.3, -0.25) is 4.79 Å². The van der Waals surface area contributed by atoms with Crippen LogP contribution in [0.5, 0.6) is 0 Å². The van der Waals surface area contributed by atoms with E-state index in [1.165, 1.54) is 0 Å². The fourth-order valence-electron chi connectivity index (χ4n) is 3.39. The minimum atomic E-state index is -0.705. The van der Waals surface area contributed by atoms with Gasteiger partial charge in [0.25, 0.3) is 0 Å². The molecule has 1 N–H and O–H groups in total. The van der Waals surface area contributed by atoms with Crippen LogP contribution in [0.15, 0.2) is 36.4 Å². The maximum absolute atomic E-state index is 11.1. The number of halogens is 2. The van der Waals surface area contributed by atoms with Crippen LogP contribution in [0.2, 0.25) is 10.0 Å². The minimum absolute atomic E-state index is 0.212. The van der Waals surface area contributed by atoms with Crippen molar-refractivity contribution in [2.45, 2.75) is 18.9 Å². The third-order valence-electron chi connectivity index (χ3n) is 4.55. The molecule has 0 aliphatic heterocycles. The average molecular weight is 334 g/mol. The molecule has 1 aliphatic rings. The van der Waals surface area contributed by atoms with Gasteiger partial charge in [-0.05, 0) is 49.2 Å². The topological polar surface area (TPSA) is 42.2 Å². The lowest BCUT2D eigenvalue weighted by molar-refractivity contribution is -0.145. The number of fused-ring (bicyclic) bond motifs is 3. The van der Waals surface area contributed by atoms with Crippen LogP contribution in [0.1, 0.15) is 18.9 Å². The highest BCUT2D eigenvalue weighted by atomic mass is 35.5. The molecule has 3 aromatic rings. The molecule has 1 heterocycles. The summed E-state index contributed by atoms with van der Waals surface area (Å²) in [5.74, 6) is -0.944. The van der Waals surface area contributed by atoms with E-state index in [0.717, 1.165) is 21.8 Å². The van der Waals surface area contributed by atoms with Crippen molar-refractivity contribution in [2.24, 2.45) is 5.92 Å². The summed E-state index contributed by atoms with van der Waals surface area (Å²) in [5.41, 5.74) is 2.16. The van der Waals surface area contributed by atoms with Gasteiger partial charge in [0.15, 0.2) is 0 Å². The smallest absolute Gasteiger partial charge is 0.306 e. The van der Waals surface area contributed by atoms with Gasteiger partial charge in [-0.15, -0.1) is 0 Å². The molecule has 1 aliphatic carbocycles. The average Bonchev–Trinajstić information content (AvgIpc) is 2.71. The zero-order valence-corrected chi connectivity index (χ0v) is 13.1. The second-order valence-electron chi connectivity index (χ2n) is 5.85. The SMILES string of the molecule is O=C(O)[C@H]1C[C@H](n2c3ccc(Cl)cc3c3cc(Cl)ccc32)C1. The molecular formula is C17H13Cl2NO2. The van der Waals surface area contributed by atoms with Crippen molar-refractivity contribution in [1.29, 1.82) is 0 Å². The molecule has 0 radical (unpaired) electrons. The molecule has 1 saturated carbocycles. The van der Waals surface area contributed by atoms with E-state index in [1.807, 2.05) is 36.4 Å². The monoisotopic (exact) mass is 333 g/mol. The standard InChI is InChI=1S/C17H13Cl2NO2/c18-10-1-3-15-13(7-10)14-8-11(19)2-4-16(14)20(15)12-5-9(6-12)17(21)22/h1-4,7-9,12H,5-6H2,(H,21,22)/t9-,12-. The number of carboxylic acids is 1. The van der Waals surface area contributed by atoms with Crippen LogP contribution in [0.4, 0.5) is 0 Å². The summed E-state index contributed by atoms with van der Waals surface area (Å²) in [5, 5.41) is 12.6. The van der Waals surface area contributed by atoms with Gasteiger partial charge in [0.1, 0.15) is 0 Å². The molecule has 3 nitrogen and oxygen atoms in total. The number of rotatable bonds is 2. The van der Waals surface area contributed by atoms with E-state index < -0.39 is 5.97 Å². The Kier molecular flexibility index (Phi) is 3.10. The van der Waals surface area contributed by atoms with Gasteiger partial charge in [-0.1, -0.05) is 23.2 Å². The van der Waals surface area contributed by atoms with E-state index in [-0.39, 0.29) is 12.0 Å². The Bertz CT molecular complexity index is 851. The van der Waals surface area contributed by atoms with Crippen molar-refractivity contribution in [1.82, 2.24) is 4.57 Å².